The standard InChI is InChI=1S/C29H38N4O5S.C15H23N3O3S.C14H16BrNO2/c1-28(2)37-20-24(38-28)19-32-14-10-23-18-21(8-9-25(23)32)11-17-39(35,36)33-15-12-29(13-16-33)27(34)30-26(31-29)22-6-4-3-5-7-22;1-2-22(20,21)18-10-8-15(9-11-18)14(19)16-13(17-15)12-6-4-3-5-7-12;1-14(2)17-9-12(18-14)8-16-6-5-10-7-11(15)3-4-13(10)16/h8-11,14,17-18,22,24H,3-7,12-13,15-16,19-20H2,1-2H3,(H,30,31,34);2,12H,1,3-11H2,(H,16,17,19);3-7,12H,8-9H2,1-2H3/b17-11+;;/t24-;;12-/m0.0/s1. The lowest BCUT2D eigenvalue weighted by molar-refractivity contribution is -0.140. The monoisotopic (exact) mass is 1190 g/mol. The minimum atomic E-state index is -3.62. The number of nitrogens with zero attached hydrogens (tertiary/aromatic N) is 6. The first-order valence-electron chi connectivity index (χ1n) is 28.2. The molecule has 2 spiro atoms. The van der Waals surface area contributed by atoms with E-state index in [1.165, 1.54) is 63.4 Å². The molecule has 0 unspecified atom stereocenters. The topological polar surface area (TPSA) is 204 Å². The van der Waals surface area contributed by atoms with Crippen molar-refractivity contribution >= 4 is 87.3 Å². The molecule has 2 N–H and O–H groups in total. The van der Waals surface area contributed by atoms with Crippen LogP contribution < -0.4 is 10.6 Å². The van der Waals surface area contributed by atoms with Gasteiger partial charge in [-0.1, -0.05) is 67.1 Å². The van der Waals surface area contributed by atoms with Crippen molar-refractivity contribution in [3.8, 4) is 0 Å². The maximum Gasteiger partial charge on any atom is 0.253 e. The summed E-state index contributed by atoms with van der Waals surface area (Å²) in [7, 11) is -7.02. The third-order valence-corrected chi connectivity index (χ3v) is 20.5. The van der Waals surface area contributed by atoms with E-state index in [4.69, 9.17) is 28.9 Å². The largest absolute Gasteiger partial charge is 0.348 e. The maximum absolute atomic E-state index is 13.1. The van der Waals surface area contributed by atoms with Crippen LogP contribution >= 0.6 is 15.9 Å². The highest BCUT2D eigenvalue weighted by molar-refractivity contribution is 9.10. The number of benzene rings is 2. The van der Waals surface area contributed by atoms with Gasteiger partial charge < -0.3 is 38.7 Å². The van der Waals surface area contributed by atoms with Crippen LogP contribution in [0.2, 0.25) is 0 Å². The SMILES string of the molecule is C=CS(=O)(=O)N1CCC2(CC1)N=C(C1CCCCC1)NC2=O.CC1(C)OC[C@H](Cn2ccc3cc(/C=C/S(=O)(=O)N4CCC5(CC4)N=C(C4CCCCC4)NC5=O)ccc32)O1.CC1(C)OC[C@H](Cn2ccc3cc(Br)ccc32)O1. The van der Waals surface area contributed by atoms with Gasteiger partial charge in [-0.25, -0.2) is 16.8 Å². The molecule has 2 amide bonds. The van der Waals surface area contributed by atoms with Gasteiger partial charge in [-0.05, 0) is 133 Å². The van der Waals surface area contributed by atoms with E-state index in [2.05, 4.69) is 72.7 Å². The lowest BCUT2D eigenvalue weighted by Crippen LogP contribution is -2.50. The molecule has 6 fully saturated rings. The molecule has 21 heteroatoms. The second kappa shape index (κ2) is 23.3. The summed E-state index contributed by atoms with van der Waals surface area (Å²) in [5.41, 5.74) is 1.54. The number of carbonyl (C=O) groups is 2. The van der Waals surface area contributed by atoms with E-state index in [0.29, 0.717) is 70.4 Å². The van der Waals surface area contributed by atoms with E-state index in [1.54, 1.807) is 6.08 Å². The Morgan fingerprint density at radius 1 is 0.633 bits per heavy atom. The molecule has 2 saturated carbocycles. The molecule has 2 aliphatic carbocycles. The predicted molar refractivity (Wildman–Crippen MR) is 310 cm³/mol. The molecule has 0 bridgehead atoms. The third kappa shape index (κ3) is 13.2. The van der Waals surface area contributed by atoms with Crippen LogP contribution in [0.4, 0.5) is 0 Å². The molecule has 8 aliphatic rings. The molecule has 8 heterocycles. The molecule has 6 aliphatic heterocycles. The fourth-order valence-corrected chi connectivity index (χ4v) is 14.9. The van der Waals surface area contributed by atoms with Crippen LogP contribution in [0.25, 0.3) is 27.9 Å². The normalized spacial score (nSPS) is 25.5. The number of amides is 2. The lowest BCUT2D eigenvalue weighted by Gasteiger charge is -2.34. The molecule has 428 valence electrons. The number of halogens is 1. The van der Waals surface area contributed by atoms with Crippen molar-refractivity contribution in [3.05, 3.63) is 88.4 Å². The molecule has 79 heavy (non-hydrogen) atoms. The summed E-state index contributed by atoms with van der Waals surface area (Å²) in [6, 6.07) is 16.4. The zero-order valence-corrected chi connectivity index (χ0v) is 49.3. The highest BCUT2D eigenvalue weighted by atomic mass is 79.9. The third-order valence-electron chi connectivity index (χ3n) is 16.9. The Morgan fingerprint density at radius 2 is 1.08 bits per heavy atom. The summed E-state index contributed by atoms with van der Waals surface area (Å²) in [4.78, 5) is 34.9. The smallest absolute Gasteiger partial charge is 0.253 e. The number of hydrogen-bond donors (Lipinski definition) is 2. The fraction of sp³-hybridized carbons (Fsp3) is 0.586. The Hall–Kier alpha value is -4.58. The zero-order chi connectivity index (χ0) is 55.8. The first-order valence-corrected chi connectivity index (χ1v) is 32.0. The van der Waals surface area contributed by atoms with Crippen LogP contribution in [-0.2, 0) is 61.7 Å². The van der Waals surface area contributed by atoms with Gasteiger partial charge in [0.15, 0.2) is 11.6 Å². The number of carbonyl (C=O) groups excluding carboxylic acids is 2. The molecule has 12 rings (SSSR count). The second-order valence-corrected chi connectivity index (χ2v) is 28.0. The van der Waals surface area contributed by atoms with Crippen molar-refractivity contribution in [1.82, 2.24) is 28.4 Å². The molecular weight excluding hydrogens is 1110 g/mol. The lowest BCUT2D eigenvalue weighted by atomic mass is 9.88. The number of ether oxygens (including phenoxy) is 4. The number of fused-ring (bicyclic) bond motifs is 2. The number of amidine groups is 2. The number of hydrogen-bond acceptors (Lipinski definition) is 12. The van der Waals surface area contributed by atoms with E-state index in [1.807, 2.05) is 58.2 Å². The molecule has 2 aromatic carbocycles. The van der Waals surface area contributed by atoms with Gasteiger partial charge in [0.05, 0.1) is 26.3 Å². The number of rotatable bonds is 11. The quantitative estimate of drug-likeness (QED) is 0.146. The first kappa shape index (κ1) is 57.6. The van der Waals surface area contributed by atoms with Crippen molar-refractivity contribution in [2.24, 2.45) is 21.8 Å². The summed E-state index contributed by atoms with van der Waals surface area (Å²) in [5, 5.41) is 10.5. The molecule has 18 nitrogen and oxygen atoms in total. The van der Waals surface area contributed by atoms with Crippen LogP contribution in [0.15, 0.2) is 92.8 Å². The van der Waals surface area contributed by atoms with Gasteiger partial charge in [-0.2, -0.15) is 8.61 Å². The van der Waals surface area contributed by atoms with E-state index in [-0.39, 0.29) is 37.1 Å². The van der Waals surface area contributed by atoms with E-state index in [9.17, 15) is 26.4 Å². The van der Waals surface area contributed by atoms with Gasteiger partial charge in [0.1, 0.15) is 35.0 Å². The second-order valence-electron chi connectivity index (χ2n) is 23.4. The predicted octanol–water partition coefficient (Wildman–Crippen LogP) is 8.99. The summed E-state index contributed by atoms with van der Waals surface area (Å²) in [5.74, 6) is 1.25. The van der Waals surface area contributed by atoms with E-state index < -0.39 is 42.7 Å². The Labute approximate surface area is 473 Å². The maximum atomic E-state index is 13.1. The summed E-state index contributed by atoms with van der Waals surface area (Å²) in [6.07, 6.45) is 19.2. The van der Waals surface area contributed by atoms with Crippen LogP contribution in [0, 0.1) is 11.8 Å². The van der Waals surface area contributed by atoms with Gasteiger partial charge in [0.2, 0.25) is 20.0 Å². The Morgan fingerprint density at radius 3 is 1.52 bits per heavy atom. The average Bonchev–Trinajstić information content (AvgIpc) is 4.47. The van der Waals surface area contributed by atoms with Crippen LogP contribution in [0.1, 0.15) is 123 Å². The number of sulfonamides is 2. The van der Waals surface area contributed by atoms with E-state index >= 15 is 0 Å². The zero-order valence-electron chi connectivity index (χ0n) is 46.0. The molecule has 2 atom stereocenters. The average molecular weight is 1190 g/mol. The number of aliphatic imine (C=N–C) groups is 2. The summed E-state index contributed by atoms with van der Waals surface area (Å²) in [6.45, 7) is 15.0. The van der Waals surface area contributed by atoms with Crippen LogP contribution in [-0.4, -0.2) is 132 Å². The highest BCUT2D eigenvalue weighted by Gasteiger charge is 2.50. The Bertz CT molecular complexity index is 3230. The van der Waals surface area contributed by atoms with Crippen molar-refractivity contribution < 1.29 is 45.4 Å². The number of piperidine rings is 2. The van der Waals surface area contributed by atoms with Crippen molar-refractivity contribution in [3.63, 3.8) is 0 Å². The Balaban J connectivity index is 0.000000148. The van der Waals surface area contributed by atoms with Gasteiger partial charge in [-0.15, -0.1) is 0 Å². The van der Waals surface area contributed by atoms with Crippen molar-refractivity contribution in [1.29, 1.82) is 0 Å². The molecule has 4 aromatic rings. The van der Waals surface area contributed by atoms with E-state index in [0.717, 1.165) is 70.2 Å². The first-order chi connectivity index (χ1) is 37.6. The molecule has 2 aromatic heterocycles. The number of nitrogens with one attached hydrogen (secondary N) is 2. The van der Waals surface area contributed by atoms with Gasteiger partial charge >= 0.3 is 0 Å². The van der Waals surface area contributed by atoms with Gasteiger partial charge in [0, 0.05) is 87.5 Å². The van der Waals surface area contributed by atoms with Crippen molar-refractivity contribution in [2.75, 3.05) is 39.4 Å². The minimum Gasteiger partial charge on any atom is -0.348 e. The fourth-order valence-electron chi connectivity index (χ4n) is 12.4. The van der Waals surface area contributed by atoms with Gasteiger partial charge in [0.25, 0.3) is 11.8 Å². The molecule has 0 radical (unpaired) electrons. The van der Waals surface area contributed by atoms with Crippen LogP contribution in [0.3, 0.4) is 0 Å². The van der Waals surface area contributed by atoms with Gasteiger partial charge in [-0.3, -0.25) is 19.6 Å². The molecular formula is C58H77BrN8O10S2. The summed E-state index contributed by atoms with van der Waals surface area (Å²) < 4.78 is 81.3. The summed E-state index contributed by atoms with van der Waals surface area (Å²) >= 11 is 3.49. The molecule has 4 saturated heterocycles. The Kier molecular flexibility index (Phi) is 17.0. The minimum absolute atomic E-state index is 0.0103. The van der Waals surface area contributed by atoms with Crippen molar-refractivity contribution in [2.45, 2.75) is 166 Å². The highest BCUT2D eigenvalue weighted by Crippen LogP contribution is 2.37. The van der Waals surface area contributed by atoms with Crippen LogP contribution in [0.5, 0.6) is 0 Å². The number of aromatic nitrogens is 2.